The molecule has 1 fully saturated rings. The zero-order chi connectivity index (χ0) is 16.2. The topological polar surface area (TPSA) is 58.6 Å². The summed E-state index contributed by atoms with van der Waals surface area (Å²) in [4.78, 5) is 25.8. The lowest BCUT2D eigenvalue weighted by Gasteiger charge is -2.26. The van der Waals surface area contributed by atoms with Crippen LogP contribution in [0.1, 0.15) is 55.3 Å². The van der Waals surface area contributed by atoms with Gasteiger partial charge < -0.3 is 15.0 Å². The normalized spacial score (nSPS) is 19.3. The average molecular weight is 316 g/mol. The second-order valence-electron chi connectivity index (χ2n) is 6.44. The maximum Gasteiger partial charge on any atom is 0.264 e. The molecule has 5 nitrogen and oxygen atoms in total. The van der Waals surface area contributed by atoms with Crippen LogP contribution in [0.25, 0.3) is 0 Å². The van der Waals surface area contributed by atoms with Crippen LogP contribution in [0.15, 0.2) is 18.2 Å². The van der Waals surface area contributed by atoms with Gasteiger partial charge in [-0.1, -0.05) is 32.1 Å². The minimum Gasteiger partial charge on any atom is -0.482 e. The summed E-state index contributed by atoms with van der Waals surface area (Å²) in [5.41, 5.74) is 1.24. The van der Waals surface area contributed by atoms with Crippen molar-refractivity contribution in [3.63, 3.8) is 0 Å². The quantitative estimate of drug-likeness (QED) is 0.912. The first-order valence-electron chi connectivity index (χ1n) is 8.49. The number of nitrogens with zero attached hydrogens (tertiary/aromatic N) is 1. The van der Waals surface area contributed by atoms with Crippen LogP contribution in [0, 0.1) is 0 Å². The largest absolute Gasteiger partial charge is 0.482 e. The highest BCUT2D eigenvalue weighted by molar-refractivity contribution is 6.01. The van der Waals surface area contributed by atoms with Crippen LogP contribution in [0.2, 0.25) is 0 Å². The summed E-state index contributed by atoms with van der Waals surface area (Å²) in [7, 11) is 1.71. The van der Waals surface area contributed by atoms with Gasteiger partial charge in [-0.3, -0.25) is 9.59 Å². The lowest BCUT2D eigenvalue weighted by atomic mass is 9.96. The van der Waals surface area contributed by atoms with E-state index in [9.17, 15) is 9.59 Å². The van der Waals surface area contributed by atoms with Gasteiger partial charge in [-0.2, -0.15) is 0 Å². The van der Waals surface area contributed by atoms with Gasteiger partial charge in [0.15, 0.2) is 6.61 Å². The number of carbonyl (C=O) groups is 2. The molecule has 1 N–H and O–H groups in total. The Morgan fingerprint density at radius 3 is 2.61 bits per heavy atom. The molecule has 0 atom stereocenters. The number of likely N-dealkylation sites (N-methyl/N-ethyl adjacent to an activating group) is 1. The van der Waals surface area contributed by atoms with E-state index in [1.54, 1.807) is 30.1 Å². The van der Waals surface area contributed by atoms with Gasteiger partial charge in [-0.05, 0) is 31.0 Å². The fraction of sp³-hybridized carbons (Fsp3) is 0.556. The molecule has 0 saturated heterocycles. The molecule has 1 aromatic rings. The Labute approximate surface area is 137 Å². The first kappa shape index (κ1) is 15.8. The van der Waals surface area contributed by atoms with E-state index >= 15 is 0 Å². The van der Waals surface area contributed by atoms with Crippen molar-refractivity contribution < 1.29 is 14.3 Å². The van der Waals surface area contributed by atoms with Gasteiger partial charge in [0.1, 0.15) is 5.75 Å². The van der Waals surface area contributed by atoms with Crippen LogP contribution in [0.4, 0.5) is 5.69 Å². The Kier molecular flexibility index (Phi) is 4.84. The van der Waals surface area contributed by atoms with E-state index in [0.29, 0.717) is 17.0 Å². The van der Waals surface area contributed by atoms with E-state index in [-0.39, 0.29) is 24.5 Å². The number of hydrogen-bond donors (Lipinski definition) is 1. The second-order valence-corrected chi connectivity index (χ2v) is 6.44. The Bertz CT molecular complexity index is 592. The van der Waals surface area contributed by atoms with E-state index in [4.69, 9.17) is 4.74 Å². The molecule has 23 heavy (non-hydrogen) atoms. The van der Waals surface area contributed by atoms with Gasteiger partial charge in [-0.15, -0.1) is 0 Å². The highest BCUT2D eigenvalue weighted by atomic mass is 16.5. The summed E-state index contributed by atoms with van der Waals surface area (Å²) < 4.78 is 5.40. The fourth-order valence-corrected chi connectivity index (χ4v) is 3.28. The van der Waals surface area contributed by atoms with Crippen LogP contribution in [0.3, 0.4) is 0 Å². The summed E-state index contributed by atoms with van der Waals surface area (Å²) in [5.74, 6) is 0.481. The van der Waals surface area contributed by atoms with Crippen LogP contribution >= 0.6 is 0 Å². The van der Waals surface area contributed by atoms with Crippen LogP contribution < -0.4 is 15.0 Å². The molecule has 1 aliphatic carbocycles. The van der Waals surface area contributed by atoms with Crippen molar-refractivity contribution in [1.82, 2.24) is 5.32 Å². The fourth-order valence-electron chi connectivity index (χ4n) is 3.28. The summed E-state index contributed by atoms with van der Waals surface area (Å²) in [5, 5.41) is 3.15. The summed E-state index contributed by atoms with van der Waals surface area (Å²) in [6, 6.07) is 5.53. The molecular weight excluding hydrogens is 292 g/mol. The molecule has 3 rings (SSSR count). The van der Waals surface area contributed by atoms with Gasteiger partial charge in [0.25, 0.3) is 11.8 Å². The smallest absolute Gasteiger partial charge is 0.264 e. The molecule has 0 unspecified atom stereocenters. The maximum atomic E-state index is 12.5. The summed E-state index contributed by atoms with van der Waals surface area (Å²) in [6.07, 6.45) is 8.30. The second kappa shape index (κ2) is 7.02. The first-order valence-corrected chi connectivity index (χ1v) is 8.49. The SMILES string of the molecule is CN1C(=O)COc2ccc(C(=O)NC3CCCCCCC3)cc21. The third-order valence-corrected chi connectivity index (χ3v) is 4.75. The molecular formula is C18H24N2O3. The molecule has 0 bridgehead atoms. The standard InChI is InChI=1S/C18H24N2O3/c1-20-15-11-13(9-10-16(15)23-12-17(20)21)18(22)19-14-7-5-3-2-4-6-8-14/h9-11,14H,2-8,12H2,1H3,(H,19,22). The Hall–Kier alpha value is -2.04. The number of nitrogens with one attached hydrogen (secondary N) is 1. The zero-order valence-corrected chi connectivity index (χ0v) is 13.6. The Morgan fingerprint density at radius 1 is 1.17 bits per heavy atom. The van der Waals surface area contributed by atoms with E-state index < -0.39 is 0 Å². The number of carbonyl (C=O) groups excluding carboxylic acids is 2. The molecule has 1 heterocycles. The first-order chi connectivity index (χ1) is 11.1. The van der Waals surface area contributed by atoms with Gasteiger partial charge in [-0.25, -0.2) is 0 Å². The number of anilines is 1. The molecule has 0 radical (unpaired) electrons. The van der Waals surface area contributed by atoms with Crippen molar-refractivity contribution in [2.75, 3.05) is 18.6 Å². The van der Waals surface area contributed by atoms with Gasteiger partial charge >= 0.3 is 0 Å². The van der Waals surface area contributed by atoms with E-state index in [1.807, 2.05) is 0 Å². The lowest BCUT2D eigenvalue weighted by molar-refractivity contribution is -0.120. The predicted molar refractivity (Wildman–Crippen MR) is 88.9 cm³/mol. The lowest BCUT2D eigenvalue weighted by Crippen LogP contribution is -2.37. The minimum atomic E-state index is -0.102. The number of benzene rings is 1. The van der Waals surface area contributed by atoms with Crippen molar-refractivity contribution in [1.29, 1.82) is 0 Å². The maximum absolute atomic E-state index is 12.5. The summed E-state index contributed by atoms with van der Waals surface area (Å²) >= 11 is 0. The third-order valence-electron chi connectivity index (χ3n) is 4.75. The molecule has 2 aliphatic rings. The van der Waals surface area contributed by atoms with E-state index in [2.05, 4.69) is 5.32 Å². The minimum absolute atomic E-state index is 0.0527. The van der Waals surface area contributed by atoms with Crippen molar-refractivity contribution in [3.05, 3.63) is 23.8 Å². The van der Waals surface area contributed by atoms with Crippen molar-refractivity contribution in [2.24, 2.45) is 0 Å². The Balaban J connectivity index is 1.71. The highest BCUT2D eigenvalue weighted by Gasteiger charge is 2.24. The Morgan fingerprint density at radius 2 is 1.87 bits per heavy atom. The number of hydrogen-bond acceptors (Lipinski definition) is 3. The number of rotatable bonds is 2. The van der Waals surface area contributed by atoms with Crippen LogP contribution in [-0.2, 0) is 4.79 Å². The van der Waals surface area contributed by atoms with Crippen molar-refractivity contribution in [2.45, 2.75) is 51.0 Å². The predicted octanol–water partition coefficient (Wildman–Crippen LogP) is 2.88. The van der Waals surface area contributed by atoms with Gasteiger partial charge in [0.05, 0.1) is 5.69 Å². The zero-order valence-electron chi connectivity index (χ0n) is 13.6. The van der Waals surface area contributed by atoms with Crippen molar-refractivity contribution in [3.8, 4) is 5.75 Å². The molecule has 1 aliphatic heterocycles. The van der Waals surface area contributed by atoms with Crippen molar-refractivity contribution >= 4 is 17.5 Å². The van der Waals surface area contributed by atoms with E-state index in [0.717, 1.165) is 12.8 Å². The molecule has 2 amide bonds. The monoisotopic (exact) mass is 316 g/mol. The third kappa shape index (κ3) is 3.66. The number of amides is 2. The molecule has 1 aromatic carbocycles. The molecule has 0 aromatic heterocycles. The molecule has 5 heteroatoms. The highest BCUT2D eigenvalue weighted by Crippen LogP contribution is 2.32. The molecule has 0 spiro atoms. The van der Waals surface area contributed by atoms with Gasteiger partial charge in [0, 0.05) is 18.7 Å². The van der Waals surface area contributed by atoms with Gasteiger partial charge in [0.2, 0.25) is 0 Å². The van der Waals surface area contributed by atoms with E-state index in [1.165, 1.54) is 32.1 Å². The molecule has 124 valence electrons. The number of fused-ring (bicyclic) bond motifs is 1. The van der Waals surface area contributed by atoms with Crippen LogP contribution in [-0.4, -0.2) is 31.5 Å². The average Bonchev–Trinajstić information content (AvgIpc) is 2.53. The molecule has 1 saturated carbocycles. The summed E-state index contributed by atoms with van der Waals surface area (Å²) in [6.45, 7) is 0.0527. The van der Waals surface area contributed by atoms with Crippen LogP contribution in [0.5, 0.6) is 5.75 Å². The number of ether oxygens (including phenoxy) is 1.